The molecule has 0 saturated carbocycles. The number of thioether (sulfide) groups is 1. The summed E-state index contributed by atoms with van der Waals surface area (Å²) >= 11 is 9.53. The molecule has 1 aliphatic heterocycles. The minimum Gasteiger partial charge on any atom is -0.301 e. The van der Waals surface area contributed by atoms with Crippen LogP contribution in [0.5, 0.6) is 0 Å². The maximum Gasteiger partial charge on any atom is 0.240 e. The van der Waals surface area contributed by atoms with Crippen molar-refractivity contribution in [3.05, 3.63) is 34.7 Å². The summed E-state index contributed by atoms with van der Waals surface area (Å²) < 4.78 is 0. The van der Waals surface area contributed by atoms with E-state index in [1.54, 1.807) is 0 Å². The molecule has 1 aromatic carbocycles. The van der Waals surface area contributed by atoms with E-state index in [-0.39, 0.29) is 5.91 Å². The van der Waals surface area contributed by atoms with Gasteiger partial charge in [0.15, 0.2) is 5.13 Å². The Morgan fingerprint density at radius 3 is 2.86 bits per heavy atom. The molecular formula is C15H16ClN3OS2. The Hall–Kier alpha value is -1.08. The van der Waals surface area contributed by atoms with E-state index in [1.165, 1.54) is 11.3 Å². The van der Waals surface area contributed by atoms with E-state index in [0.29, 0.717) is 16.7 Å². The number of anilines is 1. The normalized spacial score (nSPS) is 15.7. The molecule has 116 valence electrons. The zero-order valence-corrected chi connectivity index (χ0v) is 14.3. The number of aromatic nitrogens is 1. The first-order valence-electron chi connectivity index (χ1n) is 7.03. The van der Waals surface area contributed by atoms with Gasteiger partial charge in [0.2, 0.25) is 5.91 Å². The van der Waals surface area contributed by atoms with Crippen LogP contribution in [0.1, 0.15) is 0 Å². The van der Waals surface area contributed by atoms with Gasteiger partial charge in [0.1, 0.15) is 0 Å². The molecule has 0 atom stereocenters. The Balaban J connectivity index is 1.62. The maximum absolute atomic E-state index is 12.1. The summed E-state index contributed by atoms with van der Waals surface area (Å²) in [5.41, 5.74) is 1.68. The Morgan fingerprint density at radius 1 is 1.32 bits per heavy atom. The van der Waals surface area contributed by atoms with Crippen LogP contribution in [0.15, 0.2) is 29.6 Å². The second-order valence-electron chi connectivity index (χ2n) is 4.95. The molecule has 3 rings (SSSR count). The summed E-state index contributed by atoms with van der Waals surface area (Å²) in [5, 5.41) is 6.07. The number of hydrogen-bond donors (Lipinski definition) is 1. The fourth-order valence-corrected chi connectivity index (χ4v) is 4.18. The van der Waals surface area contributed by atoms with Gasteiger partial charge < -0.3 is 5.32 Å². The fourth-order valence-electron chi connectivity index (χ4n) is 2.24. The number of carbonyl (C=O) groups excluding carboxylic acids is 1. The number of halogens is 1. The van der Waals surface area contributed by atoms with E-state index < -0.39 is 0 Å². The third kappa shape index (κ3) is 4.01. The molecule has 7 heteroatoms. The summed E-state index contributed by atoms with van der Waals surface area (Å²) in [7, 11) is 0. The highest BCUT2D eigenvalue weighted by Crippen LogP contribution is 2.30. The molecule has 1 N–H and O–H groups in total. The van der Waals surface area contributed by atoms with Gasteiger partial charge in [-0.15, -0.1) is 11.3 Å². The first-order valence-corrected chi connectivity index (χ1v) is 9.44. The predicted molar refractivity (Wildman–Crippen MR) is 95.0 cm³/mol. The molecule has 0 radical (unpaired) electrons. The molecule has 0 aliphatic carbocycles. The lowest BCUT2D eigenvalue weighted by Crippen LogP contribution is -2.38. The van der Waals surface area contributed by atoms with E-state index in [9.17, 15) is 4.79 Å². The number of hydrogen-bond acceptors (Lipinski definition) is 5. The SMILES string of the molecule is O=C(CN1CCSCC1)Nc1nc(-c2ccccc2Cl)cs1. The molecule has 1 saturated heterocycles. The fraction of sp³-hybridized carbons (Fsp3) is 0.333. The van der Waals surface area contributed by atoms with Gasteiger partial charge in [-0.1, -0.05) is 29.8 Å². The molecule has 1 amide bonds. The molecule has 2 aromatic rings. The highest BCUT2D eigenvalue weighted by Gasteiger charge is 2.15. The molecule has 1 aromatic heterocycles. The highest BCUT2D eigenvalue weighted by atomic mass is 35.5. The van der Waals surface area contributed by atoms with Crippen molar-refractivity contribution in [1.82, 2.24) is 9.88 Å². The van der Waals surface area contributed by atoms with Crippen LogP contribution in [-0.2, 0) is 4.79 Å². The minimum absolute atomic E-state index is 0.00745. The van der Waals surface area contributed by atoms with E-state index in [2.05, 4.69) is 15.2 Å². The van der Waals surface area contributed by atoms with E-state index in [4.69, 9.17) is 11.6 Å². The Morgan fingerprint density at radius 2 is 2.09 bits per heavy atom. The van der Waals surface area contributed by atoms with Crippen LogP contribution in [-0.4, -0.2) is 46.9 Å². The van der Waals surface area contributed by atoms with Crippen molar-refractivity contribution < 1.29 is 4.79 Å². The lowest BCUT2D eigenvalue weighted by Gasteiger charge is -2.25. The lowest BCUT2D eigenvalue weighted by atomic mass is 10.2. The van der Waals surface area contributed by atoms with Crippen molar-refractivity contribution in [2.75, 3.05) is 36.5 Å². The second kappa shape index (κ2) is 7.46. The number of nitrogens with zero attached hydrogens (tertiary/aromatic N) is 2. The molecular weight excluding hydrogens is 338 g/mol. The molecule has 0 spiro atoms. The maximum atomic E-state index is 12.1. The molecule has 0 unspecified atom stereocenters. The zero-order chi connectivity index (χ0) is 15.4. The van der Waals surface area contributed by atoms with Crippen LogP contribution < -0.4 is 5.32 Å². The monoisotopic (exact) mass is 353 g/mol. The van der Waals surface area contributed by atoms with Crippen LogP contribution in [0.2, 0.25) is 5.02 Å². The Kier molecular flexibility index (Phi) is 5.36. The third-order valence-corrected chi connectivity index (χ3v) is 5.40. The largest absolute Gasteiger partial charge is 0.301 e. The van der Waals surface area contributed by atoms with Gasteiger partial charge in [-0.25, -0.2) is 4.98 Å². The predicted octanol–water partition coefficient (Wildman–Crippen LogP) is 3.45. The number of nitrogens with one attached hydrogen (secondary N) is 1. The summed E-state index contributed by atoms with van der Waals surface area (Å²) in [6.07, 6.45) is 0. The van der Waals surface area contributed by atoms with Gasteiger partial charge in [-0.3, -0.25) is 9.69 Å². The number of thiazole rings is 1. The van der Waals surface area contributed by atoms with E-state index in [0.717, 1.165) is 35.9 Å². The van der Waals surface area contributed by atoms with Gasteiger partial charge >= 0.3 is 0 Å². The topological polar surface area (TPSA) is 45.2 Å². The van der Waals surface area contributed by atoms with E-state index >= 15 is 0 Å². The average Bonchev–Trinajstić information content (AvgIpc) is 2.97. The smallest absolute Gasteiger partial charge is 0.240 e. The summed E-state index contributed by atoms with van der Waals surface area (Å²) in [6, 6.07) is 7.57. The number of rotatable bonds is 4. The van der Waals surface area contributed by atoms with Crippen LogP contribution in [0.25, 0.3) is 11.3 Å². The lowest BCUT2D eigenvalue weighted by molar-refractivity contribution is -0.117. The molecule has 0 bridgehead atoms. The van der Waals surface area contributed by atoms with Gasteiger partial charge in [0.05, 0.1) is 12.2 Å². The van der Waals surface area contributed by atoms with Crippen LogP contribution >= 0.6 is 34.7 Å². The Bertz CT molecular complexity index is 656. The van der Waals surface area contributed by atoms with Gasteiger partial charge in [-0.05, 0) is 6.07 Å². The van der Waals surface area contributed by atoms with Gasteiger partial charge in [0.25, 0.3) is 0 Å². The summed E-state index contributed by atoms with van der Waals surface area (Å²) in [5.74, 6) is 2.19. The van der Waals surface area contributed by atoms with Crippen molar-refractivity contribution in [2.45, 2.75) is 0 Å². The van der Waals surface area contributed by atoms with Crippen molar-refractivity contribution in [1.29, 1.82) is 0 Å². The highest BCUT2D eigenvalue weighted by molar-refractivity contribution is 7.99. The zero-order valence-electron chi connectivity index (χ0n) is 11.9. The molecule has 2 heterocycles. The standard InChI is InChI=1S/C15H16ClN3OS2/c16-12-4-2-1-3-11(12)13-10-22-15(17-13)18-14(20)9-19-5-7-21-8-6-19/h1-4,10H,5-9H2,(H,17,18,20). The van der Waals surface area contributed by atoms with Crippen LogP contribution in [0.3, 0.4) is 0 Å². The summed E-state index contributed by atoms with van der Waals surface area (Å²) in [4.78, 5) is 18.7. The Labute approximate surface area is 142 Å². The average molecular weight is 354 g/mol. The number of carbonyl (C=O) groups is 1. The molecule has 22 heavy (non-hydrogen) atoms. The first kappa shape index (κ1) is 15.8. The van der Waals surface area contributed by atoms with Gasteiger partial charge in [-0.2, -0.15) is 11.8 Å². The molecule has 1 aliphatic rings. The molecule has 1 fully saturated rings. The quantitative estimate of drug-likeness (QED) is 0.914. The second-order valence-corrected chi connectivity index (χ2v) is 7.44. The van der Waals surface area contributed by atoms with Gasteiger partial charge in [0, 0.05) is 40.6 Å². The minimum atomic E-state index is -0.00745. The van der Waals surface area contributed by atoms with Crippen molar-refractivity contribution in [3.8, 4) is 11.3 Å². The van der Waals surface area contributed by atoms with E-state index in [1.807, 2.05) is 41.4 Å². The first-order chi connectivity index (χ1) is 10.7. The van der Waals surface area contributed by atoms with Crippen molar-refractivity contribution >= 4 is 45.7 Å². The van der Waals surface area contributed by atoms with Crippen molar-refractivity contribution in [2.24, 2.45) is 0 Å². The van der Waals surface area contributed by atoms with Crippen molar-refractivity contribution in [3.63, 3.8) is 0 Å². The van der Waals surface area contributed by atoms with Crippen LogP contribution in [0.4, 0.5) is 5.13 Å². The van der Waals surface area contributed by atoms with Crippen LogP contribution in [0, 0.1) is 0 Å². The summed E-state index contributed by atoms with van der Waals surface area (Å²) in [6.45, 7) is 2.38. The molecule has 4 nitrogen and oxygen atoms in total. The third-order valence-electron chi connectivity index (χ3n) is 3.37. The number of benzene rings is 1. The number of amides is 1.